The zero-order valence-corrected chi connectivity index (χ0v) is 14.6. The minimum atomic E-state index is -0.254. The Balaban J connectivity index is 1.43. The van der Waals surface area contributed by atoms with Crippen LogP contribution in [0.25, 0.3) is 11.0 Å². The summed E-state index contributed by atoms with van der Waals surface area (Å²) in [6, 6.07) is 14.7. The van der Waals surface area contributed by atoms with Crippen molar-refractivity contribution >= 4 is 16.9 Å². The minimum Gasteiger partial charge on any atom is -0.485 e. The molecule has 8 nitrogen and oxygen atoms in total. The molecule has 2 N–H and O–H groups in total. The van der Waals surface area contributed by atoms with Crippen LogP contribution >= 0.6 is 0 Å². The number of amides is 1. The number of rotatable bonds is 6. The number of fused-ring (bicyclic) bond motifs is 1. The van der Waals surface area contributed by atoms with Crippen molar-refractivity contribution in [3.05, 3.63) is 71.6 Å². The molecule has 136 valence electrons. The molecule has 2 heterocycles. The Kier molecular flexibility index (Phi) is 4.52. The lowest BCUT2D eigenvalue weighted by molar-refractivity contribution is 0.0945. The Morgan fingerprint density at radius 2 is 1.96 bits per heavy atom. The molecule has 8 heteroatoms. The Bertz CT molecular complexity index is 1050. The van der Waals surface area contributed by atoms with Gasteiger partial charge in [0.15, 0.2) is 6.61 Å². The van der Waals surface area contributed by atoms with E-state index in [-0.39, 0.29) is 19.1 Å². The predicted octanol–water partition coefficient (Wildman–Crippen LogP) is 2.76. The SMILES string of the molecule is Cc1nc(COc2ccccc2C(=O)NCc2nc3ccccc3[nH]2)no1. The van der Waals surface area contributed by atoms with Gasteiger partial charge >= 0.3 is 0 Å². The normalized spacial score (nSPS) is 10.9. The summed E-state index contributed by atoms with van der Waals surface area (Å²) in [5.74, 6) is 1.76. The van der Waals surface area contributed by atoms with Crippen molar-refractivity contribution in [2.24, 2.45) is 0 Å². The van der Waals surface area contributed by atoms with E-state index in [1.165, 1.54) is 0 Å². The summed E-state index contributed by atoms with van der Waals surface area (Å²) in [5, 5.41) is 6.63. The number of imidazole rings is 1. The Labute approximate surface area is 154 Å². The summed E-state index contributed by atoms with van der Waals surface area (Å²) in [6.07, 6.45) is 0. The summed E-state index contributed by atoms with van der Waals surface area (Å²) in [4.78, 5) is 24.3. The van der Waals surface area contributed by atoms with Gasteiger partial charge in [0.1, 0.15) is 11.6 Å². The van der Waals surface area contributed by atoms with E-state index in [0.717, 1.165) is 11.0 Å². The molecule has 0 bridgehead atoms. The number of hydrogen-bond donors (Lipinski definition) is 2. The third-order valence-corrected chi connectivity index (χ3v) is 3.91. The molecular weight excluding hydrogens is 346 g/mol. The van der Waals surface area contributed by atoms with Crippen molar-refractivity contribution in [1.29, 1.82) is 0 Å². The highest BCUT2D eigenvalue weighted by atomic mass is 16.5. The molecule has 1 amide bonds. The van der Waals surface area contributed by atoms with Crippen LogP contribution in [0.5, 0.6) is 5.75 Å². The van der Waals surface area contributed by atoms with Crippen LogP contribution in [0, 0.1) is 6.92 Å². The number of carbonyl (C=O) groups is 1. The van der Waals surface area contributed by atoms with E-state index in [2.05, 4.69) is 25.4 Å². The summed E-state index contributed by atoms with van der Waals surface area (Å²) < 4.78 is 10.6. The summed E-state index contributed by atoms with van der Waals surface area (Å²) in [6.45, 7) is 2.10. The van der Waals surface area contributed by atoms with Crippen LogP contribution in [-0.2, 0) is 13.2 Å². The second kappa shape index (κ2) is 7.28. The molecule has 0 spiro atoms. The smallest absolute Gasteiger partial charge is 0.255 e. The third kappa shape index (κ3) is 3.79. The fourth-order valence-corrected chi connectivity index (χ4v) is 2.67. The number of aryl methyl sites for hydroxylation is 1. The summed E-state index contributed by atoms with van der Waals surface area (Å²) in [5.41, 5.74) is 2.22. The van der Waals surface area contributed by atoms with Gasteiger partial charge in [0.2, 0.25) is 11.7 Å². The topological polar surface area (TPSA) is 106 Å². The lowest BCUT2D eigenvalue weighted by atomic mass is 10.2. The highest BCUT2D eigenvalue weighted by Gasteiger charge is 2.14. The molecule has 0 aliphatic carbocycles. The van der Waals surface area contributed by atoms with Crippen molar-refractivity contribution < 1.29 is 14.1 Å². The average Bonchev–Trinajstić information content (AvgIpc) is 3.30. The zero-order chi connectivity index (χ0) is 18.6. The van der Waals surface area contributed by atoms with Crippen molar-refractivity contribution in [1.82, 2.24) is 25.4 Å². The molecule has 0 unspecified atom stereocenters. The first-order valence-corrected chi connectivity index (χ1v) is 8.42. The summed E-state index contributed by atoms with van der Waals surface area (Å²) >= 11 is 0. The van der Waals surface area contributed by atoms with Gasteiger partial charge < -0.3 is 19.6 Å². The second-order valence-corrected chi connectivity index (χ2v) is 5.90. The number of para-hydroxylation sites is 3. The van der Waals surface area contributed by atoms with Crippen LogP contribution in [0.1, 0.15) is 27.9 Å². The molecule has 2 aromatic heterocycles. The first-order chi connectivity index (χ1) is 13.2. The van der Waals surface area contributed by atoms with Crippen LogP contribution in [0.15, 0.2) is 53.1 Å². The van der Waals surface area contributed by atoms with E-state index < -0.39 is 0 Å². The number of ether oxygens (including phenoxy) is 1. The predicted molar refractivity (Wildman–Crippen MR) is 97.1 cm³/mol. The molecule has 0 aliphatic heterocycles. The molecule has 27 heavy (non-hydrogen) atoms. The van der Waals surface area contributed by atoms with E-state index in [1.807, 2.05) is 24.3 Å². The van der Waals surface area contributed by atoms with Gasteiger partial charge in [-0.1, -0.05) is 29.4 Å². The third-order valence-electron chi connectivity index (χ3n) is 3.91. The largest absolute Gasteiger partial charge is 0.485 e. The number of H-pyrrole nitrogens is 1. The van der Waals surface area contributed by atoms with Gasteiger partial charge in [-0.25, -0.2) is 4.98 Å². The van der Waals surface area contributed by atoms with Crippen LogP contribution in [0.2, 0.25) is 0 Å². The molecule has 2 aromatic carbocycles. The van der Waals surface area contributed by atoms with Crippen LogP contribution in [0.4, 0.5) is 0 Å². The fourth-order valence-electron chi connectivity index (χ4n) is 2.67. The Morgan fingerprint density at radius 3 is 2.78 bits per heavy atom. The monoisotopic (exact) mass is 363 g/mol. The molecule has 0 atom stereocenters. The van der Waals surface area contributed by atoms with E-state index in [0.29, 0.717) is 28.9 Å². The molecule has 0 saturated heterocycles. The maximum Gasteiger partial charge on any atom is 0.255 e. The van der Waals surface area contributed by atoms with Crippen molar-refractivity contribution in [2.45, 2.75) is 20.1 Å². The number of hydrogen-bond acceptors (Lipinski definition) is 6. The number of benzene rings is 2. The quantitative estimate of drug-likeness (QED) is 0.546. The Morgan fingerprint density at radius 1 is 1.15 bits per heavy atom. The number of nitrogens with zero attached hydrogens (tertiary/aromatic N) is 3. The van der Waals surface area contributed by atoms with Crippen molar-refractivity contribution in [3.63, 3.8) is 0 Å². The number of aromatic amines is 1. The first-order valence-electron chi connectivity index (χ1n) is 8.42. The van der Waals surface area contributed by atoms with Gasteiger partial charge in [-0.3, -0.25) is 4.79 Å². The highest BCUT2D eigenvalue weighted by molar-refractivity contribution is 5.96. The van der Waals surface area contributed by atoms with Gasteiger partial charge in [-0.15, -0.1) is 0 Å². The van der Waals surface area contributed by atoms with E-state index >= 15 is 0 Å². The molecular formula is C19H17N5O3. The lowest BCUT2D eigenvalue weighted by Gasteiger charge is -2.10. The number of carbonyl (C=O) groups excluding carboxylic acids is 1. The van der Waals surface area contributed by atoms with E-state index in [1.54, 1.807) is 31.2 Å². The summed E-state index contributed by atoms with van der Waals surface area (Å²) in [7, 11) is 0. The van der Waals surface area contributed by atoms with E-state index in [4.69, 9.17) is 9.26 Å². The molecule has 0 aliphatic rings. The molecule has 4 aromatic rings. The standard InChI is InChI=1S/C19H17N5O3/c1-12-21-18(24-27-12)11-26-16-9-5-2-6-13(16)19(25)20-10-17-22-14-7-3-4-8-15(14)23-17/h2-9H,10-11H2,1H3,(H,20,25)(H,22,23). The average molecular weight is 363 g/mol. The van der Waals surface area contributed by atoms with Crippen LogP contribution in [0.3, 0.4) is 0 Å². The first kappa shape index (κ1) is 16.8. The second-order valence-electron chi connectivity index (χ2n) is 5.90. The van der Waals surface area contributed by atoms with Gasteiger partial charge in [-0.05, 0) is 24.3 Å². The maximum atomic E-state index is 12.6. The zero-order valence-electron chi connectivity index (χ0n) is 14.6. The van der Waals surface area contributed by atoms with Gasteiger partial charge in [-0.2, -0.15) is 4.98 Å². The molecule has 0 radical (unpaired) electrons. The van der Waals surface area contributed by atoms with Crippen LogP contribution < -0.4 is 10.1 Å². The van der Waals surface area contributed by atoms with Crippen LogP contribution in [-0.4, -0.2) is 26.0 Å². The maximum absolute atomic E-state index is 12.6. The van der Waals surface area contributed by atoms with Gasteiger partial charge in [0.05, 0.1) is 23.1 Å². The molecule has 4 rings (SSSR count). The minimum absolute atomic E-state index is 0.116. The molecule has 0 saturated carbocycles. The Hall–Kier alpha value is -3.68. The fraction of sp³-hybridized carbons (Fsp3) is 0.158. The van der Waals surface area contributed by atoms with Gasteiger partial charge in [0, 0.05) is 6.92 Å². The van der Waals surface area contributed by atoms with Crippen molar-refractivity contribution in [3.8, 4) is 5.75 Å². The number of nitrogens with one attached hydrogen (secondary N) is 2. The molecule has 0 fully saturated rings. The highest BCUT2D eigenvalue weighted by Crippen LogP contribution is 2.19. The van der Waals surface area contributed by atoms with E-state index in [9.17, 15) is 4.79 Å². The number of aromatic nitrogens is 4. The lowest BCUT2D eigenvalue weighted by Crippen LogP contribution is -2.24. The van der Waals surface area contributed by atoms with Gasteiger partial charge in [0.25, 0.3) is 5.91 Å². The van der Waals surface area contributed by atoms with Crippen molar-refractivity contribution in [2.75, 3.05) is 0 Å².